The molecule has 0 aliphatic rings. The molecule has 2 rings (SSSR count). The number of imidazole rings is 2. The molecule has 0 fully saturated rings. The lowest BCUT2D eigenvalue weighted by Gasteiger charge is -2.04. The van der Waals surface area contributed by atoms with Crippen molar-refractivity contribution >= 4 is 0 Å². The molecule has 0 aliphatic carbocycles. The molecule has 0 N–H and O–H groups in total. The zero-order chi connectivity index (χ0) is 11.5. The van der Waals surface area contributed by atoms with E-state index in [0.29, 0.717) is 13.1 Å². The molecule has 2 heterocycles. The summed E-state index contributed by atoms with van der Waals surface area (Å²) in [4.78, 5) is 15.9. The summed E-state index contributed by atoms with van der Waals surface area (Å²) >= 11 is 0. The summed E-state index contributed by atoms with van der Waals surface area (Å²) in [6.45, 7) is 6.18. The van der Waals surface area contributed by atoms with Gasteiger partial charge in [-0.15, -0.1) is 0 Å². The fourth-order valence-electron chi connectivity index (χ4n) is 1.75. The number of aromatic nitrogens is 4. The molecular weight excluding hydrogens is 204 g/mol. The normalized spacial score (nSPS) is 10.9. The third-order valence-electron chi connectivity index (χ3n) is 2.73. The third kappa shape index (κ3) is 1.80. The lowest BCUT2D eigenvalue weighted by Crippen LogP contribution is -2.24. The van der Waals surface area contributed by atoms with Gasteiger partial charge < -0.3 is 4.57 Å². The maximum Gasteiger partial charge on any atom is 0.328 e. The van der Waals surface area contributed by atoms with Crippen LogP contribution in [0.5, 0.6) is 0 Å². The van der Waals surface area contributed by atoms with Crippen LogP contribution in [0.25, 0.3) is 0 Å². The molecule has 5 nitrogen and oxygen atoms in total. The van der Waals surface area contributed by atoms with Crippen LogP contribution in [0.2, 0.25) is 0 Å². The Balaban J connectivity index is 2.27. The molecule has 2 aromatic heterocycles. The molecule has 0 amide bonds. The molecule has 0 aliphatic heterocycles. The highest BCUT2D eigenvalue weighted by atomic mass is 16.1. The zero-order valence-corrected chi connectivity index (χ0v) is 9.63. The molecule has 0 atom stereocenters. The van der Waals surface area contributed by atoms with E-state index in [0.717, 1.165) is 12.2 Å². The van der Waals surface area contributed by atoms with Gasteiger partial charge in [0.25, 0.3) is 0 Å². The minimum Gasteiger partial charge on any atom is -0.333 e. The van der Waals surface area contributed by atoms with Crippen molar-refractivity contribution in [1.82, 2.24) is 18.7 Å². The smallest absolute Gasteiger partial charge is 0.328 e. The highest BCUT2D eigenvalue weighted by molar-refractivity contribution is 5.00. The Morgan fingerprint density at radius 3 is 2.44 bits per heavy atom. The number of rotatable bonds is 4. The number of nitrogens with zero attached hydrogens (tertiary/aromatic N) is 4. The molecular formula is C11H16N4O. The quantitative estimate of drug-likeness (QED) is 0.769. The average molecular weight is 220 g/mol. The van der Waals surface area contributed by atoms with Gasteiger partial charge in [-0.05, 0) is 13.8 Å². The number of aryl methyl sites for hydroxylation is 2. The first-order valence-electron chi connectivity index (χ1n) is 5.50. The molecule has 0 saturated carbocycles. The van der Waals surface area contributed by atoms with Gasteiger partial charge in [-0.2, -0.15) is 0 Å². The standard InChI is InChI=1S/C11H16N4O/c1-3-13-5-6-15(11(13)16)8-10-7-12-9-14(10)4-2/h5-7,9H,3-4,8H2,1-2H3. The van der Waals surface area contributed by atoms with E-state index in [9.17, 15) is 4.79 Å². The van der Waals surface area contributed by atoms with Crippen molar-refractivity contribution in [3.05, 3.63) is 41.1 Å². The Bertz CT molecular complexity index is 520. The molecule has 0 bridgehead atoms. The number of hydrogen-bond donors (Lipinski definition) is 0. The molecule has 0 aromatic carbocycles. The lowest BCUT2D eigenvalue weighted by atomic mass is 10.4. The summed E-state index contributed by atoms with van der Waals surface area (Å²) in [7, 11) is 0. The first kappa shape index (κ1) is 10.7. The maximum absolute atomic E-state index is 11.8. The van der Waals surface area contributed by atoms with Crippen molar-refractivity contribution < 1.29 is 0 Å². The minimum absolute atomic E-state index is 0.0337. The predicted molar refractivity (Wildman–Crippen MR) is 61.4 cm³/mol. The molecule has 0 unspecified atom stereocenters. The van der Waals surface area contributed by atoms with E-state index < -0.39 is 0 Å². The summed E-state index contributed by atoms with van der Waals surface area (Å²) in [6, 6.07) is 0. The average Bonchev–Trinajstić information content (AvgIpc) is 2.87. The first-order valence-corrected chi connectivity index (χ1v) is 5.50. The summed E-state index contributed by atoms with van der Waals surface area (Å²) in [5, 5.41) is 0. The third-order valence-corrected chi connectivity index (χ3v) is 2.73. The van der Waals surface area contributed by atoms with Crippen molar-refractivity contribution in [2.24, 2.45) is 0 Å². The monoisotopic (exact) mass is 220 g/mol. The predicted octanol–water partition coefficient (Wildman–Crippen LogP) is 0.934. The topological polar surface area (TPSA) is 44.8 Å². The van der Waals surface area contributed by atoms with Crippen LogP contribution >= 0.6 is 0 Å². The van der Waals surface area contributed by atoms with Gasteiger partial charge in [0.05, 0.1) is 18.6 Å². The highest BCUT2D eigenvalue weighted by Crippen LogP contribution is 2.01. The van der Waals surface area contributed by atoms with Crippen LogP contribution < -0.4 is 5.69 Å². The van der Waals surface area contributed by atoms with E-state index in [4.69, 9.17) is 0 Å². The Labute approximate surface area is 94.0 Å². The maximum atomic E-state index is 11.8. The van der Waals surface area contributed by atoms with Gasteiger partial charge in [0, 0.05) is 31.7 Å². The van der Waals surface area contributed by atoms with Gasteiger partial charge in [0.2, 0.25) is 0 Å². The fourth-order valence-corrected chi connectivity index (χ4v) is 1.75. The second-order valence-corrected chi connectivity index (χ2v) is 3.67. The summed E-state index contributed by atoms with van der Waals surface area (Å²) in [5.74, 6) is 0. The van der Waals surface area contributed by atoms with Gasteiger partial charge in [-0.1, -0.05) is 0 Å². The summed E-state index contributed by atoms with van der Waals surface area (Å²) in [6.07, 6.45) is 7.23. The van der Waals surface area contributed by atoms with E-state index in [-0.39, 0.29) is 5.69 Å². The van der Waals surface area contributed by atoms with E-state index in [1.807, 2.05) is 23.9 Å². The molecule has 2 aromatic rings. The van der Waals surface area contributed by atoms with Gasteiger partial charge in [-0.25, -0.2) is 9.78 Å². The van der Waals surface area contributed by atoms with E-state index >= 15 is 0 Å². The molecule has 16 heavy (non-hydrogen) atoms. The van der Waals surface area contributed by atoms with Crippen molar-refractivity contribution in [3.8, 4) is 0 Å². The van der Waals surface area contributed by atoms with E-state index in [2.05, 4.69) is 11.9 Å². The van der Waals surface area contributed by atoms with Crippen molar-refractivity contribution in [1.29, 1.82) is 0 Å². The van der Waals surface area contributed by atoms with Crippen LogP contribution in [-0.2, 0) is 19.6 Å². The molecule has 0 saturated heterocycles. The van der Waals surface area contributed by atoms with Crippen LogP contribution in [0, 0.1) is 0 Å². The molecule has 86 valence electrons. The van der Waals surface area contributed by atoms with Crippen LogP contribution in [-0.4, -0.2) is 18.7 Å². The second-order valence-electron chi connectivity index (χ2n) is 3.67. The minimum atomic E-state index is 0.0337. The Morgan fingerprint density at radius 1 is 1.12 bits per heavy atom. The molecule has 5 heteroatoms. The molecule has 0 radical (unpaired) electrons. The molecule has 0 spiro atoms. The van der Waals surface area contributed by atoms with Crippen LogP contribution in [0.1, 0.15) is 19.5 Å². The van der Waals surface area contributed by atoms with E-state index in [1.165, 1.54) is 0 Å². The van der Waals surface area contributed by atoms with Gasteiger partial charge >= 0.3 is 5.69 Å². The van der Waals surface area contributed by atoms with Crippen LogP contribution in [0.4, 0.5) is 0 Å². The Kier molecular flexibility index (Phi) is 2.94. The first-order chi connectivity index (χ1) is 7.76. The summed E-state index contributed by atoms with van der Waals surface area (Å²) in [5.41, 5.74) is 1.09. The van der Waals surface area contributed by atoms with Crippen LogP contribution in [0.15, 0.2) is 29.7 Å². The summed E-state index contributed by atoms with van der Waals surface area (Å²) < 4.78 is 5.43. The highest BCUT2D eigenvalue weighted by Gasteiger charge is 2.05. The van der Waals surface area contributed by atoms with Gasteiger partial charge in [-0.3, -0.25) is 9.13 Å². The zero-order valence-electron chi connectivity index (χ0n) is 9.63. The van der Waals surface area contributed by atoms with Gasteiger partial charge in [0.15, 0.2) is 0 Å². The largest absolute Gasteiger partial charge is 0.333 e. The van der Waals surface area contributed by atoms with Crippen molar-refractivity contribution in [3.63, 3.8) is 0 Å². The van der Waals surface area contributed by atoms with Crippen LogP contribution in [0.3, 0.4) is 0 Å². The number of hydrogen-bond acceptors (Lipinski definition) is 2. The van der Waals surface area contributed by atoms with Crippen molar-refractivity contribution in [2.75, 3.05) is 0 Å². The second kappa shape index (κ2) is 4.38. The SMILES string of the molecule is CCn1cncc1Cn1ccn(CC)c1=O. The lowest BCUT2D eigenvalue weighted by molar-refractivity contribution is 0.629. The van der Waals surface area contributed by atoms with Gasteiger partial charge in [0.1, 0.15) is 0 Å². The van der Waals surface area contributed by atoms with Crippen molar-refractivity contribution in [2.45, 2.75) is 33.5 Å². The fraction of sp³-hybridized carbons (Fsp3) is 0.455. The van der Waals surface area contributed by atoms with E-state index in [1.54, 1.807) is 21.7 Å². The Morgan fingerprint density at radius 2 is 1.81 bits per heavy atom. The Hall–Kier alpha value is -1.78.